The lowest BCUT2D eigenvalue weighted by atomic mass is 10.1. The number of tetrazole rings is 1. The minimum absolute atomic E-state index is 0.105. The number of hydrogen-bond acceptors (Lipinski definition) is 5. The fourth-order valence-electron chi connectivity index (χ4n) is 2.63. The number of carbonyl (C=O) groups excluding carboxylic acids is 2. The van der Waals surface area contributed by atoms with Gasteiger partial charge in [0.15, 0.2) is 0 Å². The summed E-state index contributed by atoms with van der Waals surface area (Å²) in [5.41, 5.74) is 3.28. The van der Waals surface area contributed by atoms with Gasteiger partial charge in [0, 0.05) is 18.3 Å². The van der Waals surface area contributed by atoms with Gasteiger partial charge < -0.3 is 10.2 Å². The van der Waals surface area contributed by atoms with Crippen molar-refractivity contribution < 1.29 is 14.0 Å². The Bertz CT molecular complexity index is 1030. The Kier molecular flexibility index (Phi) is 5.96. The Hall–Kier alpha value is -3.62. The molecule has 0 unspecified atom stereocenters. The number of nitrogens with one attached hydrogen (secondary N) is 1. The molecule has 0 saturated heterocycles. The highest BCUT2D eigenvalue weighted by atomic mass is 19.1. The van der Waals surface area contributed by atoms with Gasteiger partial charge in [0.25, 0.3) is 0 Å². The van der Waals surface area contributed by atoms with Crippen molar-refractivity contribution in [3.63, 3.8) is 0 Å². The molecule has 9 heteroatoms. The zero-order valence-electron chi connectivity index (χ0n) is 16.4. The number of halogens is 1. The molecule has 0 atom stereocenters. The van der Waals surface area contributed by atoms with Gasteiger partial charge in [-0.05, 0) is 60.5 Å². The molecular weight excluding hydrogens is 375 g/mol. The van der Waals surface area contributed by atoms with Crippen LogP contribution in [0.5, 0.6) is 0 Å². The lowest BCUT2D eigenvalue weighted by molar-refractivity contribution is -0.134. The predicted octanol–water partition coefficient (Wildman–Crippen LogP) is 2.19. The van der Waals surface area contributed by atoms with E-state index in [1.54, 1.807) is 0 Å². The number of likely N-dealkylation sites (N-methyl/N-ethyl adjacent to an activating group) is 1. The zero-order chi connectivity index (χ0) is 21.0. The van der Waals surface area contributed by atoms with Gasteiger partial charge in [-0.1, -0.05) is 12.1 Å². The van der Waals surface area contributed by atoms with Gasteiger partial charge in [0.2, 0.25) is 17.6 Å². The Morgan fingerprint density at radius 1 is 1.14 bits per heavy atom. The summed E-state index contributed by atoms with van der Waals surface area (Å²) in [6.45, 7) is 3.57. The number of nitrogens with zero attached hydrogens (tertiary/aromatic N) is 5. The average Bonchev–Trinajstić information content (AvgIpc) is 3.13. The second kappa shape index (κ2) is 8.59. The first-order valence-electron chi connectivity index (χ1n) is 8.96. The number of anilines is 1. The summed E-state index contributed by atoms with van der Waals surface area (Å²) in [5, 5.41) is 14.7. The van der Waals surface area contributed by atoms with Crippen LogP contribution in [0.2, 0.25) is 0 Å². The molecule has 8 nitrogen and oxygen atoms in total. The van der Waals surface area contributed by atoms with Crippen LogP contribution in [0, 0.1) is 19.7 Å². The van der Waals surface area contributed by atoms with Crippen LogP contribution in [0.1, 0.15) is 11.1 Å². The Morgan fingerprint density at radius 3 is 2.59 bits per heavy atom. The van der Waals surface area contributed by atoms with Crippen LogP contribution in [0.25, 0.3) is 11.4 Å². The second-order valence-corrected chi connectivity index (χ2v) is 6.77. The maximum Gasteiger partial charge on any atom is 0.246 e. The van der Waals surface area contributed by atoms with Crippen LogP contribution >= 0.6 is 0 Å². The van der Waals surface area contributed by atoms with E-state index in [9.17, 15) is 14.0 Å². The molecule has 29 heavy (non-hydrogen) atoms. The van der Waals surface area contributed by atoms with Crippen LogP contribution in [0.15, 0.2) is 42.5 Å². The van der Waals surface area contributed by atoms with Crippen molar-refractivity contribution in [2.45, 2.75) is 20.4 Å². The van der Waals surface area contributed by atoms with Crippen LogP contribution in [-0.2, 0) is 16.1 Å². The molecule has 0 spiro atoms. The molecule has 0 aliphatic rings. The molecule has 0 saturated carbocycles. The maximum absolute atomic E-state index is 13.0. The molecular formula is C20H21FN6O2. The first-order chi connectivity index (χ1) is 13.8. The summed E-state index contributed by atoms with van der Waals surface area (Å²) in [6.07, 6.45) is 0. The van der Waals surface area contributed by atoms with Gasteiger partial charge >= 0.3 is 0 Å². The lowest BCUT2D eigenvalue weighted by Gasteiger charge is -2.17. The van der Waals surface area contributed by atoms with Crippen molar-refractivity contribution in [2.24, 2.45) is 0 Å². The summed E-state index contributed by atoms with van der Waals surface area (Å²) in [7, 11) is 1.53. The summed E-state index contributed by atoms with van der Waals surface area (Å²) < 4.78 is 13.0. The van der Waals surface area contributed by atoms with Crippen molar-refractivity contribution in [1.29, 1.82) is 0 Å². The van der Waals surface area contributed by atoms with Gasteiger partial charge in [-0.2, -0.15) is 4.80 Å². The number of amides is 2. The van der Waals surface area contributed by atoms with Crippen LogP contribution in [0.4, 0.5) is 10.1 Å². The van der Waals surface area contributed by atoms with Gasteiger partial charge in [-0.3, -0.25) is 9.59 Å². The van der Waals surface area contributed by atoms with Crippen molar-refractivity contribution in [3.05, 3.63) is 59.4 Å². The summed E-state index contributed by atoms with van der Waals surface area (Å²) in [4.78, 5) is 27.1. The normalized spacial score (nSPS) is 10.6. The highest BCUT2D eigenvalue weighted by molar-refractivity contribution is 5.95. The summed E-state index contributed by atoms with van der Waals surface area (Å²) >= 11 is 0. The molecule has 3 aromatic rings. The van der Waals surface area contributed by atoms with Crippen LogP contribution < -0.4 is 5.32 Å². The number of aryl methyl sites for hydroxylation is 2. The highest BCUT2D eigenvalue weighted by Crippen LogP contribution is 2.16. The molecule has 1 heterocycles. The van der Waals surface area contributed by atoms with E-state index in [1.807, 2.05) is 32.0 Å². The van der Waals surface area contributed by atoms with E-state index >= 15 is 0 Å². The third-order valence-electron chi connectivity index (χ3n) is 4.31. The van der Waals surface area contributed by atoms with E-state index in [2.05, 4.69) is 20.7 Å². The third kappa shape index (κ3) is 5.22. The van der Waals surface area contributed by atoms with E-state index in [0.29, 0.717) is 5.56 Å². The number of hydrogen-bond donors (Lipinski definition) is 1. The van der Waals surface area contributed by atoms with E-state index < -0.39 is 0 Å². The molecule has 3 rings (SSSR count). The highest BCUT2D eigenvalue weighted by Gasteiger charge is 2.16. The molecule has 1 N–H and O–H groups in total. The average molecular weight is 396 g/mol. The molecule has 1 aromatic heterocycles. The number of carbonyl (C=O) groups is 2. The lowest BCUT2D eigenvalue weighted by Crippen LogP contribution is -2.37. The quantitative estimate of drug-likeness (QED) is 0.689. The number of rotatable bonds is 6. The van der Waals surface area contributed by atoms with Gasteiger partial charge in [0.05, 0.1) is 6.54 Å². The maximum atomic E-state index is 13.0. The van der Waals surface area contributed by atoms with Crippen molar-refractivity contribution in [2.75, 3.05) is 18.9 Å². The van der Waals surface area contributed by atoms with E-state index in [4.69, 9.17) is 0 Å². The Labute approximate surface area is 167 Å². The molecule has 0 aliphatic carbocycles. The van der Waals surface area contributed by atoms with Crippen molar-refractivity contribution in [3.8, 4) is 11.4 Å². The predicted molar refractivity (Wildman–Crippen MR) is 105 cm³/mol. The van der Waals surface area contributed by atoms with E-state index in [0.717, 1.165) is 21.6 Å². The number of benzene rings is 2. The van der Waals surface area contributed by atoms with Crippen LogP contribution in [0.3, 0.4) is 0 Å². The first-order valence-corrected chi connectivity index (χ1v) is 8.96. The van der Waals surface area contributed by atoms with E-state index in [1.165, 1.54) is 36.2 Å². The summed E-state index contributed by atoms with van der Waals surface area (Å²) in [6, 6.07) is 11.4. The topological polar surface area (TPSA) is 93.0 Å². The van der Waals surface area contributed by atoms with Crippen molar-refractivity contribution in [1.82, 2.24) is 25.1 Å². The first kappa shape index (κ1) is 20.1. The Morgan fingerprint density at radius 2 is 1.86 bits per heavy atom. The fraction of sp³-hybridized carbons (Fsp3) is 0.250. The third-order valence-corrected chi connectivity index (χ3v) is 4.31. The van der Waals surface area contributed by atoms with Gasteiger partial charge in [0.1, 0.15) is 12.4 Å². The SMILES string of the molecule is Cc1ccc(C)c(NC(=O)CN(C)C(=O)Cn2nnc(-c3ccc(F)cc3)n2)c1. The van der Waals surface area contributed by atoms with Gasteiger partial charge in [-0.15, -0.1) is 10.2 Å². The molecule has 150 valence electrons. The van der Waals surface area contributed by atoms with Gasteiger partial charge in [-0.25, -0.2) is 4.39 Å². The molecule has 0 bridgehead atoms. The Balaban J connectivity index is 1.57. The fourth-order valence-corrected chi connectivity index (χ4v) is 2.63. The molecule has 0 fully saturated rings. The molecule has 2 aromatic carbocycles. The molecule has 2 amide bonds. The largest absolute Gasteiger partial charge is 0.335 e. The standard InChI is InChI=1S/C20H21FN6O2/c1-13-4-5-14(2)17(10-13)22-18(28)11-26(3)19(29)12-27-24-20(23-25-27)15-6-8-16(21)9-7-15/h4-10H,11-12H2,1-3H3,(H,22,28). The summed E-state index contributed by atoms with van der Waals surface area (Å²) in [5.74, 6) is -0.720. The van der Waals surface area contributed by atoms with Crippen LogP contribution in [-0.4, -0.2) is 50.5 Å². The molecule has 0 aliphatic heterocycles. The monoisotopic (exact) mass is 396 g/mol. The smallest absolute Gasteiger partial charge is 0.246 e. The second-order valence-electron chi connectivity index (χ2n) is 6.77. The van der Waals surface area contributed by atoms with Crippen molar-refractivity contribution >= 4 is 17.5 Å². The minimum Gasteiger partial charge on any atom is -0.335 e. The zero-order valence-corrected chi connectivity index (χ0v) is 16.4. The number of aromatic nitrogens is 4. The molecule has 0 radical (unpaired) electrons. The minimum atomic E-state index is -0.364. The van der Waals surface area contributed by atoms with E-state index in [-0.39, 0.29) is 36.5 Å².